The Morgan fingerprint density at radius 2 is 1.55 bits per heavy atom. The van der Waals surface area contributed by atoms with Crippen molar-refractivity contribution in [3.63, 3.8) is 0 Å². The molecule has 4 heteroatoms. The molecule has 44 heavy (non-hydrogen) atoms. The van der Waals surface area contributed by atoms with Crippen LogP contribution in [0.15, 0.2) is 140 Å². The maximum Gasteiger partial charge on any atom is 0.148 e. The number of pyridine rings is 2. The molecule has 210 valence electrons. The van der Waals surface area contributed by atoms with E-state index in [1.165, 1.54) is 16.7 Å². The molecule has 2 aliphatic carbocycles. The number of benzene rings is 3. The van der Waals surface area contributed by atoms with Crippen LogP contribution in [-0.4, -0.2) is 19.1 Å². The molecule has 0 saturated carbocycles. The molecule has 0 fully saturated rings. The van der Waals surface area contributed by atoms with Gasteiger partial charge in [-0.1, -0.05) is 85.0 Å². The molecule has 0 spiro atoms. The van der Waals surface area contributed by atoms with E-state index in [1.807, 2.05) is 12.3 Å². The van der Waals surface area contributed by atoms with Gasteiger partial charge >= 0.3 is 0 Å². The molecule has 9 rings (SSSR count). The molecule has 4 nitrogen and oxygen atoms in total. The third-order valence-corrected chi connectivity index (χ3v) is 9.07. The first kappa shape index (κ1) is 25.1. The minimum absolute atomic E-state index is 0.335. The molecular formula is C40H30N4. The topological polar surface area (TPSA) is 35.6 Å². The predicted molar refractivity (Wildman–Crippen MR) is 183 cm³/mol. The lowest BCUT2D eigenvalue weighted by atomic mass is 9.89. The fourth-order valence-corrected chi connectivity index (χ4v) is 7.02. The molecule has 4 heterocycles. The normalized spacial score (nSPS) is 16.5. The lowest BCUT2D eigenvalue weighted by Crippen LogP contribution is -2.03. The number of nitrogens with zero attached hydrogens (tertiary/aromatic N) is 4. The molecule has 2 aliphatic rings. The molecule has 0 aliphatic heterocycles. The largest absolute Gasteiger partial charge is 0.308 e. The summed E-state index contributed by atoms with van der Waals surface area (Å²) in [5, 5.41) is 2.20. The maximum absolute atomic E-state index is 5.50. The highest BCUT2D eigenvalue weighted by molar-refractivity contribution is 6.14. The Kier molecular flexibility index (Phi) is 5.73. The van der Waals surface area contributed by atoms with Crippen LogP contribution in [0.1, 0.15) is 36.3 Å². The number of para-hydroxylation sites is 2. The monoisotopic (exact) mass is 566 g/mol. The third-order valence-electron chi connectivity index (χ3n) is 9.07. The van der Waals surface area contributed by atoms with E-state index in [0.29, 0.717) is 5.92 Å². The number of rotatable bonds is 4. The van der Waals surface area contributed by atoms with E-state index in [0.717, 1.165) is 74.6 Å². The minimum Gasteiger partial charge on any atom is -0.308 e. The fraction of sp³-hybridized carbons (Fsp3) is 0.100. The fourth-order valence-electron chi connectivity index (χ4n) is 7.02. The van der Waals surface area contributed by atoms with Crippen LogP contribution in [0, 0.1) is 0 Å². The Bertz CT molecular complexity index is 2360. The van der Waals surface area contributed by atoms with E-state index in [9.17, 15) is 0 Å². The van der Waals surface area contributed by atoms with Gasteiger partial charge in [0.2, 0.25) is 0 Å². The van der Waals surface area contributed by atoms with Crippen LogP contribution in [-0.2, 0) is 0 Å². The van der Waals surface area contributed by atoms with Crippen LogP contribution < -0.4 is 0 Å². The summed E-state index contributed by atoms with van der Waals surface area (Å²) in [4.78, 5) is 10.4. The van der Waals surface area contributed by atoms with Gasteiger partial charge in [0.15, 0.2) is 0 Å². The summed E-state index contributed by atoms with van der Waals surface area (Å²) in [6.07, 6.45) is 20.9. The second kappa shape index (κ2) is 10.1. The Balaban J connectivity index is 1.37. The van der Waals surface area contributed by atoms with Gasteiger partial charge in [-0.25, -0.2) is 4.98 Å². The van der Waals surface area contributed by atoms with Gasteiger partial charge in [0, 0.05) is 34.3 Å². The van der Waals surface area contributed by atoms with E-state index >= 15 is 0 Å². The van der Waals surface area contributed by atoms with Crippen LogP contribution >= 0.6 is 0 Å². The summed E-state index contributed by atoms with van der Waals surface area (Å²) in [7, 11) is 0. The first-order valence-electron chi connectivity index (χ1n) is 15.4. The number of hydrogen-bond donors (Lipinski definition) is 0. The second-order valence-electron chi connectivity index (χ2n) is 11.7. The number of hydrogen-bond acceptors (Lipinski definition) is 2. The molecule has 0 radical (unpaired) electrons. The van der Waals surface area contributed by atoms with Gasteiger partial charge in [-0.2, -0.15) is 0 Å². The van der Waals surface area contributed by atoms with Gasteiger partial charge in [-0.15, -0.1) is 0 Å². The summed E-state index contributed by atoms with van der Waals surface area (Å²) in [6.45, 7) is 0. The third kappa shape index (κ3) is 3.91. The summed E-state index contributed by atoms with van der Waals surface area (Å²) in [5.74, 6) is 0.335. The maximum atomic E-state index is 5.50. The Hall–Kier alpha value is -5.48. The van der Waals surface area contributed by atoms with Crippen molar-refractivity contribution in [3.8, 4) is 11.4 Å². The highest BCUT2D eigenvalue weighted by Gasteiger charge is 2.21. The molecule has 0 amide bonds. The number of aromatic nitrogens is 4. The Labute approximate surface area is 255 Å². The quantitative estimate of drug-likeness (QED) is 0.213. The van der Waals surface area contributed by atoms with Gasteiger partial charge in [-0.05, 0) is 84.5 Å². The van der Waals surface area contributed by atoms with Crippen LogP contribution in [0.4, 0.5) is 0 Å². The van der Waals surface area contributed by atoms with Crippen molar-refractivity contribution in [2.45, 2.75) is 25.2 Å². The van der Waals surface area contributed by atoms with Crippen molar-refractivity contribution < 1.29 is 0 Å². The van der Waals surface area contributed by atoms with Gasteiger partial charge in [-0.3, -0.25) is 9.55 Å². The zero-order chi connectivity index (χ0) is 29.0. The SMILES string of the molecule is C1=CCC(c2cc(C3=CCCC=C3)cc(-n3c4cccnc4c4cc5c(nc43)c3ccccc3n5-c3ccccc3)c2)C=C1. The molecular weight excluding hydrogens is 536 g/mol. The van der Waals surface area contributed by atoms with Gasteiger partial charge in [0.25, 0.3) is 0 Å². The van der Waals surface area contributed by atoms with Crippen molar-refractivity contribution in [2.24, 2.45) is 0 Å². The zero-order valence-corrected chi connectivity index (χ0v) is 24.3. The average molecular weight is 567 g/mol. The minimum atomic E-state index is 0.335. The molecule has 0 saturated heterocycles. The smallest absolute Gasteiger partial charge is 0.148 e. The summed E-state index contributed by atoms with van der Waals surface area (Å²) in [5.41, 5.74) is 12.3. The molecule has 1 atom stereocenters. The van der Waals surface area contributed by atoms with Crippen molar-refractivity contribution in [3.05, 3.63) is 151 Å². The molecule has 3 aromatic carbocycles. The highest BCUT2D eigenvalue weighted by atomic mass is 15.1. The van der Waals surface area contributed by atoms with E-state index in [4.69, 9.17) is 9.97 Å². The lowest BCUT2D eigenvalue weighted by Gasteiger charge is -2.19. The first-order chi connectivity index (χ1) is 21.8. The standard InChI is InChI=1S/C40H30N4/c1-4-13-27(14-5-1)29-23-30(28-15-6-2-7-16-28)25-32(24-29)44-36-21-12-22-41-38(36)34-26-37-39(42-40(34)44)33-19-10-11-20-35(33)43(37)31-17-8-3-9-18-31/h1,3-6,8-13,15-27H,2,7,14H2. The lowest BCUT2D eigenvalue weighted by molar-refractivity contribution is 0.851. The molecule has 0 N–H and O–H groups in total. The van der Waals surface area contributed by atoms with E-state index in [-0.39, 0.29) is 0 Å². The Morgan fingerprint density at radius 3 is 2.41 bits per heavy atom. The predicted octanol–water partition coefficient (Wildman–Crippen LogP) is 10.0. The van der Waals surface area contributed by atoms with Crippen molar-refractivity contribution in [1.29, 1.82) is 0 Å². The Morgan fingerprint density at radius 1 is 0.659 bits per heavy atom. The number of allylic oxidation sites excluding steroid dienone is 8. The van der Waals surface area contributed by atoms with Gasteiger partial charge in [0.05, 0.1) is 27.6 Å². The summed E-state index contributed by atoms with van der Waals surface area (Å²) < 4.78 is 4.65. The van der Waals surface area contributed by atoms with Crippen LogP contribution in [0.3, 0.4) is 0 Å². The molecule has 1 unspecified atom stereocenters. The molecule has 7 aromatic rings. The summed E-state index contributed by atoms with van der Waals surface area (Å²) in [6, 6.07) is 32.7. The van der Waals surface area contributed by atoms with Gasteiger partial charge < -0.3 is 4.57 Å². The highest BCUT2D eigenvalue weighted by Crippen LogP contribution is 2.39. The second-order valence-corrected chi connectivity index (χ2v) is 11.7. The van der Waals surface area contributed by atoms with Crippen molar-refractivity contribution in [2.75, 3.05) is 0 Å². The van der Waals surface area contributed by atoms with Crippen LogP contribution in [0.2, 0.25) is 0 Å². The van der Waals surface area contributed by atoms with Crippen LogP contribution in [0.25, 0.3) is 61.0 Å². The van der Waals surface area contributed by atoms with Crippen molar-refractivity contribution in [1.82, 2.24) is 19.1 Å². The van der Waals surface area contributed by atoms with Crippen LogP contribution in [0.5, 0.6) is 0 Å². The van der Waals surface area contributed by atoms with E-state index in [1.54, 1.807) is 0 Å². The number of fused-ring (bicyclic) bond motifs is 6. The molecule has 4 aromatic heterocycles. The van der Waals surface area contributed by atoms with Gasteiger partial charge in [0.1, 0.15) is 5.65 Å². The first-order valence-corrected chi connectivity index (χ1v) is 15.4. The molecule has 0 bridgehead atoms. The van der Waals surface area contributed by atoms with E-state index in [2.05, 4.69) is 137 Å². The summed E-state index contributed by atoms with van der Waals surface area (Å²) >= 11 is 0. The average Bonchev–Trinajstić information content (AvgIpc) is 3.60. The van der Waals surface area contributed by atoms with E-state index < -0.39 is 0 Å². The van der Waals surface area contributed by atoms with Crippen molar-refractivity contribution >= 4 is 49.6 Å². The zero-order valence-electron chi connectivity index (χ0n) is 24.3.